The summed E-state index contributed by atoms with van der Waals surface area (Å²) in [5, 5.41) is 2.11. The number of hydrogen-bond donors (Lipinski definition) is 2. The van der Waals surface area contributed by atoms with Crippen LogP contribution < -0.4 is 0 Å². The highest BCUT2D eigenvalue weighted by molar-refractivity contribution is 6.05. The molecule has 0 aliphatic carbocycles. The zero-order chi connectivity index (χ0) is 40.7. The zero-order valence-corrected chi connectivity index (χ0v) is 33.3. The number of aromatic amines is 2. The van der Waals surface area contributed by atoms with E-state index in [2.05, 4.69) is 204 Å². The standard InChI is InChI=1S/C56H34N6/c1-3-7-45-43(5-1)33-9-13-35(14-10-33)47-25-19-37-17-18-38-20-26-48(62-56(38)55(37)61-47)36-15-11-34(12-16-36)44-6-2-4-8-46(44)54-51-29-23-41(59-51)31-39-21-27-49(57-39)53(45)50-28-22-40(58-50)32-42-24-30-52(54)60-42/h1-32,57,60H. The van der Waals surface area contributed by atoms with Crippen LogP contribution in [0.15, 0.2) is 170 Å². The average Bonchev–Trinajstić information content (AvgIpc) is 4.17. The molecule has 6 aliphatic heterocycles. The largest absolute Gasteiger partial charge is 0.355 e. The second-order valence-corrected chi connectivity index (χ2v) is 16.1. The zero-order valence-electron chi connectivity index (χ0n) is 33.3. The van der Waals surface area contributed by atoms with E-state index in [1.54, 1.807) is 0 Å². The van der Waals surface area contributed by atoms with Gasteiger partial charge >= 0.3 is 0 Å². The summed E-state index contributed by atoms with van der Waals surface area (Å²) in [5.41, 5.74) is 21.6. The molecule has 6 nitrogen and oxygen atoms in total. The number of rotatable bonds is 0. The Balaban J connectivity index is 1.13. The maximum absolute atomic E-state index is 5.28. The molecule has 6 aliphatic rings. The summed E-state index contributed by atoms with van der Waals surface area (Å²) in [6.45, 7) is 0. The van der Waals surface area contributed by atoms with Gasteiger partial charge in [0.05, 0.1) is 45.2 Å². The molecule has 0 fully saturated rings. The molecule has 6 heteroatoms. The van der Waals surface area contributed by atoms with E-state index >= 15 is 0 Å². The van der Waals surface area contributed by atoms with Crippen LogP contribution in [0.5, 0.6) is 0 Å². The third kappa shape index (κ3) is 5.65. The van der Waals surface area contributed by atoms with Crippen LogP contribution in [0.25, 0.3) is 135 Å². The van der Waals surface area contributed by atoms with Crippen molar-refractivity contribution in [1.29, 1.82) is 0 Å². The van der Waals surface area contributed by atoms with Crippen LogP contribution in [0.3, 0.4) is 0 Å². The van der Waals surface area contributed by atoms with Gasteiger partial charge in [-0.15, -0.1) is 0 Å². The molecule has 5 aromatic heterocycles. The van der Waals surface area contributed by atoms with Gasteiger partial charge in [-0.25, -0.2) is 19.9 Å². The van der Waals surface area contributed by atoms with Crippen LogP contribution in [0.2, 0.25) is 0 Å². The van der Waals surface area contributed by atoms with Crippen LogP contribution in [0, 0.1) is 0 Å². The first-order valence-electron chi connectivity index (χ1n) is 20.9. The Labute approximate surface area is 356 Å². The topological polar surface area (TPSA) is 83.1 Å². The van der Waals surface area contributed by atoms with Crippen molar-refractivity contribution in [2.24, 2.45) is 0 Å². The van der Waals surface area contributed by atoms with Crippen molar-refractivity contribution < 1.29 is 0 Å². The maximum Gasteiger partial charge on any atom is 0.0972 e. The summed E-state index contributed by atoms with van der Waals surface area (Å²) >= 11 is 0. The molecule has 18 bridgehead atoms. The van der Waals surface area contributed by atoms with E-state index in [-0.39, 0.29) is 0 Å². The molecule has 0 atom stereocenters. The van der Waals surface area contributed by atoms with Gasteiger partial charge in [-0.2, -0.15) is 0 Å². The van der Waals surface area contributed by atoms with Gasteiger partial charge in [-0.05, 0) is 106 Å². The van der Waals surface area contributed by atoms with E-state index in [1.165, 1.54) is 0 Å². The predicted octanol–water partition coefficient (Wildman–Crippen LogP) is 14.1. The first-order chi connectivity index (χ1) is 30.6. The monoisotopic (exact) mass is 790 g/mol. The van der Waals surface area contributed by atoms with Gasteiger partial charge in [0.2, 0.25) is 0 Å². The average molecular weight is 791 g/mol. The molecular formula is C56H34N6. The molecule has 0 saturated carbocycles. The first kappa shape index (κ1) is 34.4. The first-order valence-corrected chi connectivity index (χ1v) is 20.9. The molecular weight excluding hydrogens is 757 g/mol. The van der Waals surface area contributed by atoms with E-state index < -0.39 is 0 Å². The van der Waals surface area contributed by atoms with Gasteiger partial charge in [0.15, 0.2) is 0 Å². The number of nitrogens with one attached hydrogen (secondary N) is 2. The summed E-state index contributed by atoms with van der Waals surface area (Å²) in [6, 6.07) is 60.2. The van der Waals surface area contributed by atoms with Crippen molar-refractivity contribution in [3.63, 3.8) is 0 Å². The van der Waals surface area contributed by atoms with Gasteiger partial charge in [0.1, 0.15) is 0 Å². The Kier molecular flexibility index (Phi) is 7.50. The highest BCUT2D eigenvalue weighted by Gasteiger charge is 2.19. The maximum atomic E-state index is 5.28. The molecule has 16 rings (SSSR count). The van der Waals surface area contributed by atoms with Crippen molar-refractivity contribution >= 4 is 68.2 Å². The number of benzene rings is 5. The van der Waals surface area contributed by atoms with Gasteiger partial charge in [0.25, 0.3) is 0 Å². The van der Waals surface area contributed by atoms with E-state index in [0.717, 1.165) is 134 Å². The number of hydrogen-bond acceptors (Lipinski definition) is 4. The molecule has 288 valence electrons. The lowest BCUT2D eigenvalue weighted by atomic mass is 9.92. The fraction of sp³-hybridized carbons (Fsp3) is 0. The normalized spacial score (nSPS) is 12.4. The van der Waals surface area contributed by atoms with Gasteiger partial charge in [0, 0.05) is 55.1 Å². The molecule has 10 aromatic rings. The summed E-state index contributed by atoms with van der Waals surface area (Å²) < 4.78 is 0. The fourth-order valence-electron chi connectivity index (χ4n) is 9.28. The summed E-state index contributed by atoms with van der Waals surface area (Å²) in [4.78, 5) is 28.6. The van der Waals surface area contributed by atoms with Crippen molar-refractivity contribution in [1.82, 2.24) is 29.9 Å². The molecule has 11 heterocycles. The van der Waals surface area contributed by atoms with Gasteiger partial charge in [-0.1, -0.05) is 121 Å². The molecule has 0 unspecified atom stereocenters. The fourth-order valence-corrected chi connectivity index (χ4v) is 9.28. The van der Waals surface area contributed by atoms with Crippen molar-refractivity contribution in [3.8, 4) is 67.0 Å². The second-order valence-electron chi connectivity index (χ2n) is 16.1. The Bertz CT molecular complexity index is 3490. The molecule has 5 aromatic carbocycles. The molecule has 0 radical (unpaired) electrons. The number of H-pyrrole nitrogens is 2. The molecule has 2 N–H and O–H groups in total. The quantitative estimate of drug-likeness (QED) is 0.150. The van der Waals surface area contributed by atoms with Crippen molar-refractivity contribution in [2.45, 2.75) is 0 Å². The predicted molar refractivity (Wildman–Crippen MR) is 256 cm³/mol. The van der Waals surface area contributed by atoms with E-state index in [1.807, 2.05) is 0 Å². The van der Waals surface area contributed by atoms with Crippen LogP contribution in [-0.4, -0.2) is 29.9 Å². The van der Waals surface area contributed by atoms with E-state index in [4.69, 9.17) is 19.9 Å². The molecule has 0 spiro atoms. The molecule has 62 heavy (non-hydrogen) atoms. The lowest BCUT2D eigenvalue weighted by Crippen LogP contribution is -1.92. The third-order valence-electron chi connectivity index (χ3n) is 12.3. The second kappa shape index (κ2) is 13.5. The summed E-state index contributed by atoms with van der Waals surface area (Å²) in [5.74, 6) is 0. The SMILES string of the molecule is C1=Cc2nc1cc1ccc([nH]1)c1c3nc(cc4ccc([nH]4)c2-c2ccccc2-c2ccc(cc2)-c2ccc4ccc5ccc(nc5c4n2)-c2ccc(cc2)-c2ccccc2-1)C=C3. The summed E-state index contributed by atoms with van der Waals surface area (Å²) in [7, 11) is 0. The Morgan fingerprint density at radius 3 is 1.18 bits per heavy atom. The minimum atomic E-state index is 0.867. The Hall–Kier alpha value is -8.48. The molecule has 0 saturated heterocycles. The number of aromatic nitrogens is 6. The Morgan fingerprint density at radius 2 is 0.726 bits per heavy atom. The van der Waals surface area contributed by atoms with E-state index in [9.17, 15) is 0 Å². The van der Waals surface area contributed by atoms with Crippen molar-refractivity contribution in [3.05, 3.63) is 193 Å². The van der Waals surface area contributed by atoms with Crippen LogP contribution in [-0.2, 0) is 0 Å². The number of pyridine rings is 2. The van der Waals surface area contributed by atoms with Gasteiger partial charge in [-0.3, -0.25) is 0 Å². The lowest BCUT2D eigenvalue weighted by Gasteiger charge is -2.13. The van der Waals surface area contributed by atoms with Crippen LogP contribution >= 0.6 is 0 Å². The van der Waals surface area contributed by atoms with Crippen LogP contribution in [0.4, 0.5) is 0 Å². The number of fused-ring (bicyclic) bond motifs is 2. The van der Waals surface area contributed by atoms with Crippen molar-refractivity contribution in [2.75, 3.05) is 0 Å². The lowest BCUT2D eigenvalue weighted by molar-refractivity contribution is 1.31. The minimum Gasteiger partial charge on any atom is -0.355 e. The smallest absolute Gasteiger partial charge is 0.0972 e. The summed E-state index contributed by atoms with van der Waals surface area (Å²) in [6.07, 6.45) is 8.44. The van der Waals surface area contributed by atoms with E-state index in [0.29, 0.717) is 0 Å². The molecule has 0 amide bonds. The van der Waals surface area contributed by atoms with Gasteiger partial charge < -0.3 is 9.97 Å². The van der Waals surface area contributed by atoms with Crippen LogP contribution in [0.1, 0.15) is 22.8 Å². The Morgan fingerprint density at radius 1 is 0.323 bits per heavy atom. The highest BCUT2D eigenvalue weighted by atomic mass is 14.8. The highest BCUT2D eigenvalue weighted by Crippen LogP contribution is 2.40. The number of nitrogens with zero attached hydrogens (tertiary/aromatic N) is 4. The third-order valence-corrected chi connectivity index (χ3v) is 12.3. The minimum absolute atomic E-state index is 0.867.